The number of aromatic nitrogens is 1. The molecule has 0 aliphatic heterocycles. The molecule has 2 aromatic carbocycles. The molecular weight excluding hydrogens is 332 g/mol. The van der Waals surface area contributed by atoms with Crippen molar-refractivity contribution in [2.24, 2.45) is 0 Å². The van der Waals surface area contributed by atoms with Crippen LogP contribution in [0.3, 0.4) is 0 Å². The standard InChI is InChI=1S/C20H20N2O2S/c1-14-8-10-17(11-9-14)18-13-25-20(24)22(18)12-19(23)21-15(2)16-6-4-3-5-7-16/h3-11,13,15H,12H2,1-2H3,(H,21,23)/t15-/m1/s1. The molecule has 0 fully saturated rings. The molecule has 4 nitrogen and oxygen atoms in total. The SMILES string of the molecule is Cc1ccc(-c2csc(=O)n2CC(=O)N[C@H](C)c2ccccc2)cc1. The fourth-order valence-corrected chi connectivity index (χ4v) is 3.45. The van der Waals surface area contributed by atoms with Gasteiger partial charge in [0.25, 0.3) is 0 Å². The van der Waals surface area contributed by atoms with Gasteiger partial charge in [0.05, 0.1) is 11.7 Å². The van der Waals surface area contributed by atoms with Gasteiger partial charge >= 0.3 is 4.87 Å². The number of carbonyl (C=O) groups excluding carboxylic acids is 1. The smallest absolute Gasteiger partial charge is 0.308 e. The molecule has 0 spiro atoms. The van der Waals surface area contributed by atoms with Gasteiger partial charge < -0.3 is 5.32 Å². The molecule has 0 unspecified atom stereocenters. The summed E-state index contributed by atoms with van der Waals surface area (Å²) in [6, 6.07) is 17.6. The summed E-state index contributed by atoms with van der Waals surface area (Å²) in [5, 5.41) is 4.76. The molecule has 0 saturated heterocycles. The number of rotatable bonds is 5. The first-order valence-electron chi connectivity index (χ1n) is 8.14. The van der Waals surface area contributed by atoms with Crippen LogP contribution in [0.15, 0.2) is 64.8 Å². The highest BCUT2D eigenvalue weighted by Gasteiger charge is 2.14. The van der Waals surface area contributed by atoms with Gasteiger partial charge in [-0.15, -0.1) is 0 Å². The molecule has 0 radical (unpaired) electrons. The van der Waals surface area contributed by atoms with Gasteiger partial charge in [0.1, 0.15) is 6.54 Å². The van der Waals surface area contributed by atoms with Crippen LogP contribution in [0.25, 0.3) is 11.3 Å². The highest BCUT2D eigenvalue weighted by atomic mass is 32.1. The number of carbonyl (C=O) groups is 1. The molecular formula is C20H20N2O2S. The first-order valence-corrected chi connectivity index (χ1v) is 9.02. The van der Waals surface area contributed by atoms with Crippen molar-refractivity contribution in [2.45, 2.75) is 26.4 Å². The molecule has 0 bridgehead atoms. The maximum absolute atomic E-state index is 12.4. The van der Waals surface area contributed by atoms with E-state index in [1.165, 1.54) is 4.57 Å². The molecule has 1 N–H and O–H groups in total. The Kier molecular flexibility index (Phi) is 5.14. The van der Waals surface area contributed by atoms with Gasteiger partial charge in [-0.05, 0) is 25.0 Å². The lowest BCUT2D eigenvalue weighted by Gasteiger charge is -2.15. The lowest BCUT2D eigenvalue weighted by atomic mass is 10.1. The van der Waals surface area contributed by atoms with E-state index in [1.54, 1.807) is 5.38 Å². The Balaban J connectivity index is 1.77. The van der Waals surface area contributed by atoms with Crippen molar-refractivity contribution in [1.29, 1.82) is 0 Å². The summed E-state index contributed by atoms with van der Waals surface area (Å²) in [5.74, 6) is -0.176. The van der Waals surface area contributed by atoms with E-state index in [9.17, 15) is 9.59 Å². The lowest BCUT2D eigenvalue weighted by molar-refractivity contribution is -0.122. The highest BCUT2D eigenvalue weighted by molar-refractivity contribution is 7.07. The quantitative estimate of drug-likeness (QED) is 0.760. The largest absolute Gasteiger partial charge is 0.348 e. The van der Waals surface area contributed by atoms with Crippen molar-refractivity contribution in [1.82, 2.24) is 9.88 Å². The Morgan fingerprint density at radius 3 is 2.48 bits per heavy atom. The minimum Gasteiger partial charge on any atom is -0.348 e. The van der Waals surface area contributed by atoms with Crippen LogP contribution >= 0.6 is 11.3 Å². The van der Waals surface area contributed by atoms with Gasteiger partial charge in [0.2, 0.25) is 5.91 Å². The zero-order valence-corrected chi connectivity index (χ0v) is 15.0. The van der Waals surface area contributed by atoms with Crippen molar-refractivity contribution in [3.8, 4) is 11.3 Å². The van der Waals surface area contributed by atoms with Gasteiger partial charge in [-0.3, -0.25) is 14.2 Å². The van der Waals surface area contributed by atoms with Crippen LogP contribution in [0.2, 0.25) is 0 Å². The van der Waals surface area contributed by atoms with E-state index in [1.807, 2.05) is 68.4 Å². The summed E-state index contributed by atoms with van der Waals surface area (Å²) in [6.07, 6.45) is 0. The Morgan fingerprint density at radius 2 is 1.80 bits per heavy atom. The average Bonchev–Trinajstić information content (AvgIpc) is 2.97. The lowest BCUT2D eigenvalue weighted by Crippen LogP contribution is -2.32. The van der Waals surface area contributed by atoms with Crippen LogP contribution in [0.1, 0.15) is 24.1 Å². The zero-order chi connectivity index (χ0) is 17.8. The summed E-state index contributed by atoms with van der Waals surface area (Å²) >= 11 is 1.11. The van der Waals surface area contributed by atoms with E-state index >= 15 is 0 Å². The second-order valence-corrected chi connectivity index (χ2v) is 6.86. The maximum atomic E-state index is 12.4. The van der Waals surface area contributed by atoms with E-state index in [2.05, 4.69) is 5.32 Å². The Hall–Kier alpha value is -2.66. The van der Waals surface area contributed by atoms with E-state index in [0.717, 1.165) is 33.7 Å². The maximum Gasteiger partial charge on any atom is 0.308 e. The van der Waals surface area contributed by atoms with Crippen LogP contribution in [0.5, 0.6) is 0 Å². The van der Waals surface area contributed by atoms with E-state index in [-0.39, 0.29) is 23.4 Å². The third-order valence-corrected chi connectivity index (χ3v) is 4.87. The van der Waals surface area contributed by atoms with Crippen LogP contribution in [-0.4, -0.2) is 10.5 Å². The van der Waals surface area contributed by atoms with Gasteiger partial charge in [0.15, 0.2) is 0 Å². The van der Waals surface area contributed by atoms with Crippen LogP contribution in [0.4, 0.5) is 0 Å². The third-order valence-electron chi connectivity index (χ3n) is 4.11. The number of thiazole rings is 1. The second-order valence-electron chi connectivity index (χ2n) is 6.04. The first-order chi connectivity index (χ1) is 12.0. The number of amides is 1. The van der Waals surface area contributed by atoms with E-state index in [0.29, 0.717) is 0 Å². The van der Waals surface area contributed by atoms with Crippen molar-refractivity contribution in [3.63, 3.8) is 0 Å². The predicted octanol–water partition coefficient (Wildman–Crippen LogP) is 3.76. The fourth-order valence-electron chi connectivity index (χ4n) is 2.69. The molecule has 0 aliphatic rings. The monoisotopic (exact) mass is 352 g/mol. The topological polar surface area (TPSA) is 51.1 Å². The minimum atomic E-state index is -0.176. The van der Waals surface area contributed by atoms with Crippen molar-refractivity contribution >= 4 is 17.2 Å². The van der Waals surface area contributed by atoms with E-state index in [4.69, 9.17) is 0 Å². The van der Waals surface area contributed by atoms with Crippen molar-refractivity contribution in [3.05, 3.63) is 80.8 Å². The van der Waals surface area contributed by atoms with Crippen LogP contribution in [-0.2, 0) is 11.3 Å². The number of hydrogen-bond donors (Lipinski definition) is 1. The Bertz CT molecular complexity index is 911. The summed E-state index contributed by atoms with van der Waals surface area (Å²) in [6.45, 7) is 3.97. The number of nitrogens with zero attached hydrogens (tertiary/aromatic N) is 1. The number of aryl methyl sites for hydroxylation is 1. The highest BCUT2D eigenvalue weighted by Crippen LogP contribution is 2.20. The number of hydrogen-bond acceptors (Lipinski definition) is 3. The van der Waals surface area contributed by atoms with Crippen LogP contribution in [0, 0.1) is 6.92 Å². The van der Waals surface area contributed by atoms with Gasteiger partial charge in [0, 0.05) is 5.38 Å². The molecule has 1 atom stereocenters. The zero-order valence-electron chi connectivity index (χ0n) is 14.2. The van der Waals surface area contributed by atoms with Crippen molar-refractivity contribution in [2.75, 3.05) is 0 Å². The second kappa shape index (κ2) is 7.49. The molecule has 128 valence electrons. The Labute approximate surface area is 150 Å². The first kappa shape index (κ1) is 17.2. The molecule has 0 saturated carbocycles. The molecule has 0 aliphatic carbocycles. The molecule has 25 heavy (non-hydrogen) atoms. The summed E-state index contributed by atoms with van der Waals surface area (Å²) in [4.78, 5) is 24.5. The van der Waals surface area contributed by atoms with Crippen molar-refractivity contribution < 1.29 is 4.79 Å². The summed E-state index contributed by atoms with van der Waals surface area (Å²) in [7, 11) is 0. The average molecular weight is 352 g/mol. The van der Waals surface area contributed by atoms with Gasteiger partial charge in [-0.1, -0.05) is 71.5 Å². The molecule has 1 amide bonds. The number of benzene rings is 2. The number of nitrogens with one attached hydrogen (secondary N) is 1. The normalized spacial score (nSPS) is 11.9. The van der Waals surface area contributed by atoms with Gasteiger partial charge in [-0.2, -0.15) is 0 Å². The molecule has 3 rings (SSSR count). The molecule has 1 heterocycles. The van der Waals surface area contributed by atoms with Crippen LogP contribution < -0.4 is 10.2 Å². The molecule has 3 aromatic rings. The van der Waals surface area contributed by atoms with E-state index < -0.39 is 0 Å². The fraction of sp³-hybridized carbons (Fsp3) is 0.200. The third kappa shape index (κ3) is 4.06. The molecule has 5 heteroatoms. The Morgan fingerprint density at radius 1 is 1.12 bits per heavy atom. The summed E-state index contributed by atoms with van der Waals surface area (Å²) in [5.41, 5.74) is 3.90. The molecule has 1 aromatic heterocycles. The minimum absolute atomic E-state index is 0.0166. The summed E-state index contributed by atoms with van der Waals surface area (Å²) < 4.78 is 1.53. The van der Waals surface area contributed by atoms with Gasteiger partial charge in [-0.25, -0.2) is 0 Å². The predicted molar refractivity (Wildman–Crippen MR) is 102 cm³/mol.